The predicted octanol–water partition coefficient (Wildman–Crippen LogP) is 2.02. The first kappa shape index (κ1) is 10.6. The number of phenols is 1. The van der Waals surface area contributed by atoms with Crippen LogP contribution < -0.4 is 0 Å². The van der Waals surface area contributed by atoms with Gasteiger partial charge in [0.2, 0.25) is 0 Å². The summed E-state index contributed by atoms with van der Waals surface area (Å²) < 4.78 is 7.75. The summed E-state index contributed by atoms with van der Waals surface area (Å²) in [5.41, 5.74) is 0.966. The van der Waals surface area contributed by atoms with Crippen molar-refractivity contribution in [2.24, 2.45) is 0 Å². The van der Waals surface area contributed by atoms with Crippen molar-refractivity contribution in [1.82, 2.24) is 4.57 Å². The monoisotopic (exact) mass is 233 g/mol. The van der Waals surface area contributed by atoms with Crippen molar-refractivity contribution in [2.75, 3.05) is 6.61 Å². The maximum atomic E-state index is 9.52. The normalized spacial score (nSPS) is 24.5. The molecule has 4 heteroatoms. The van der Waals surface area contributed by atoms with Crippen LogP contribution in [-0.2, 0) is 4.74 Å². The molecule has 1 aliphatic rings. The number of hydrogen-bond donors (Lipinski definition) is 2. The van der Waals surface area contributed by atoms with Crippen LogP contribution in [0.15, 0.2) is 30.5 Å². The van der Waals surface area contributed by atoms with Gasteiger partial charge in [0.15, 0.2) is 0 Å². The lowest BCUT2D eigenvalue weighted by atomic mass is 10.2. The Hall–Kier alpha value is -1.52. The molecular formula is C13H15NO3. The Balaban J connectivity index is 1.98. The van der Waals surface area contributed by atoms with E-state index in [2.05, 4.69) is 0 Å². The number of ether oxygens (including phenoxy) is 1. The van der Waals surface area contributed by atoms with Crippen LogP contribution in [0.4, 0.5) is 0 Å². The summed E-state index contributed by atoms with van der Waals surface area (Å²) in [5, 5.41) is 19.7. The standard InChI is InChI=1S/C13H15NO3/c15-8-11-3-4-13(17-11)14-6-5-9-1-2-10(16)7-12(9)14/h1-2,5-7,11,13,15-16H,3-4,8H2/t11-,13+/m0/s1. The fourth-order valence-electron chi connectivity index (χ4n) is 2.41. The first-order chi connectivity index (χ1) is 8.28. The Labute approximate surface area is 99.1 Å². The van der Waals surface area contributed by atoms with Gasteiger partial charge in [-0.25, -0.2) is 0 Å². The summed E-state index contributed by atoms with van der Waals surface area (Å²) in [6.07, 6.45) is 3.64. The van der Waals surface area contributed by atoms with Gasteiger partial charge in [-0.2, -0.15) is 0 Å². The van der Waals surface area contributed by atoms with Gasteiger partial charge in [-0.3, -0.25) is 0 Å². The van der Waals surface area contributed by atoms with Crippen LogP contribution in [0.2, 0.25) is 0 Å². The second-order valence-electron chi connectivity index (χ2n) is 4.44. The molecule has 2 N–H and O–H groups in total. The number of nitrogens with zero attached hydrogens (tertiary/aromatic N) is 1. The molecule has 0 saturated carbocycles. The van der Waals surface area contributed by atoms with Gasteiger partial charge in [0.05, 0.1) is 18.2 Å². The molecule has 3 rings (SSSR count). The number of aromatic hydroxyl groups is 1. The van der Waals surface area contributed by atoms with Crippen molar-refractivity contribution in [3.05, 3.63) is 30.5 Å². The zero-order chi connectivity index (χ0) is 11.8. The van der Waals surface area contributed by atoms with Crippen LogP contribution in [0, 0.1) is 0 Å². The quantitative estimate of drug-likeness (QED) is 0.834. The highest BCUT2D eigenvalue weighted by molar-refractivity contribution is 5.81. The summed E-state index contributed by atoms with van der Waals surface area (Å²) in [4.78, 5) is 0. The minimum Gasteiger partial charge on any atom is -0.508 e. The van der Waals surface area contributed by atoms with Gasteiger partial charge in [-0.1, -0.05) is 0 Å². The molecule has 1 saturated heterocycles. The Morgan fingerprint density at radius 1 is 1.29 bits per heavy atom. The third-order valence-electron chi connectivity index (χ3n) is 3.31. The van der Waals surface area contributed by atoms with Crippen molar-refractivity contribution < 1.29 is 14.9 Å². The Morgan fingerprint density at radius 3 is 2.94 bits per heavy atom. The van der Waals surface area contributed by atoms with E-state index in [1.54, 1.807) is 12.1 Å². The Kier molecular flexibility index (Phi) is 2.53. The molecule has 0 spiro atoms. The lowest BCUT2D eigenvalue weighted by Crippen LogP contribution is -2.13. The van der Waals surface area contributed by atoms with Crippen molar-refractivity contribution >= 4 is 10.9 Å². The van der Waals surface area contributed by atoms with E-state index < -0.39 is 0 Å². The molecular weight excluding hydrogens is 218 g/mol. The number of aliphatic hydroxyl groups is 1. The van der Waals surface area contributed by atoms with Crippen molar-refractivity contribution in [3.63, 3.8) is 0 Å². The number of fused-ring (bicyclic) bond motifs is 1. The summed E-state index contributed by atoms with van der Waals surface area (Å²) in [6, 6.07) is 7.31. The molecule has 2 aromatic rings. The summed E-state index contributed by atoms with van der Waals surface area (Å²) >= 11 is 0. The molecule has 0 unspecified atom stereocenters. The van der Waals surface area contributed by atoms with Crippen molar-refractivity contribution in [1.29, 1.82) is 0 Å². The third kappa shape index (κ3) is 1.79. The van der Waals surface area contributed by atoms with Gasteiger partial charge in [0.1, 0.15) is 12.0 Å². The molecule has 4 nitrogen and oxygen atoms in total. The highest BCUT2D eigenvalue weighted by Crippen LogP contribution is 2.32. The number of aromatic nitrogens is 1. The third-order valence-corrected chi connectivity index (χ3v) is 3.31. The molecule has 2 atom stereocenters. The Bertz CT molecular complexity index is 534. The molecule has 1 aromatic heterocycles. The molecule has 17 heavy (non-hydrogen) atoms. The first-order valence-electron chi connectivity index (χ1n) is 5.84. The van der Waals surface area contributed by atoms with Gasteiger partial charge in [0, 0.05) is 12.3 Å². The highest BCUT2D eigenvalue weighted by atomic mass is 16.5. The van der Waals surface area contributed by atoms with E-state index in [4.69, 9.17) is 9.84 Å². The second-order valence-corrected chi connectivity index (χ2v) is 4.44. The molecule has 1 fully saturated rings. The zero-order valence-corrected chi connectivity index (χ0v) is 9.41. The van der Waals surface area contributed by atoms with Crippen LogP contribution in [0.25, 0.3) is 10.9 Å². The van der Waals surface area contributed by atoms with Crippen LogP contribution in [0.5, 0.6) is 5.75 Å². The van der Waals surface area contributed by atoms with Crippen LogP contribution in [0.1, 0.15) is 19.1 Å². The minimum atomic E-state index is -0.0604. The summed E-state index contributed by atoms with van der Waals surface area (Å²) in [5.74, 6) is 0.258. The van der Waals surface area contributed by atoms with Gasteiger partial charge < -0.3 is 19.5 Å². The van der Waals surface area contributed by atoms with E-state index in [-0.39, 0.29) is 24.7 Å². The number of benzene rings is 1. The molecule has 0 radical (unpaired) electrons. The maximum Gasteiger partial charge on any atom is 0.134 e. The molecule has 0 aliphatic carbocycles. The largest absolute Gasteiger partial charge is 0.508 e. The van der Waals surface area contributed by atoms with Gasteiger partial charge in [0.25, 0.3) is 0 Å². The van der Waals surface area contributed by atoms with Gasteiger partial charge in [-0.05, 0) is 36.4 Å². The predicted molar refractivity (Wildman–Crippen MR) is 63.8 cm³/mol. The van der Waals surface area contributed by atoms with E-state index in [0.717, 1.165) is 23.7 Å². The summed E-state index contributed by atoms with van der Waals surface area (Å²) in [7, 11) is 0. The zero-order valence-electron chi connectivity index (χ0n) is 9.41. The fourth-order valence-corrected chi connectivity index (χ4v) is 2.41. The fraction of sp³-hybridized carbons (Fsp3) is 0.385. The Morgan fingerprint density at radius 2 is 2.18 bits per heavy atom. The number of phenolic OH excluding ortho intramolecular Hbond substituents is 1. The lowest BCUT2D eigenvalue weighted by molar-refractivity contribution is -0.0202. The average molecular weight is 233 g/mol. The number of aliphatic hydroxyl groups excluding tert-OH is 1. The van der Waals surface area contributed by atoms with Crippen molar-refractivity contribution in [3.8, 4) is 5.75 Å². The van der Waals surface area contributed by atoms with Gasteiger partial charge in [-0.15, -0.1) is 0 Å². The topological polar surface area (TPSA) is 54.6 Å². The first-order valence-corrected chi connectivity index (χ1v) is 5.84. The van der Waals surface area contributed by atoms with E-state index in [1.165, 1.54) is 0 Å². The number of rotatable bonds is 2. The van der Waals surface area contributed by atoms with E-state index in [9.17, 15) is 5.11 Å². The van der Waals surface area contributed by atoms with Crippen LogP contribution in [-0.4, -0.2) is 27.5 Å². The molecule has 1 aromatic carbocycles. The van der Waals surface area contributed by atoms with Gasteiger partial charge >= 0.3 is 0 Å². The SMILES string of the molecule is OC[C@@H]1CC[C@H](n2ccc3ccc(O)cc32)O1. The maximum absolute atomic E-state index is 9.52. The smallest absolute Gasteiger partial charge is 0.134 e. The minimum absolute atomic E-state index is 0.0357. The highest BCUT2D eigenvalue weighted by Gasteiger charge is 2.26. The van der Waals surface area contributed by atoms with E-state index >= 15 is 0 Å². The number of hydrogen-bond acceptors (Lipinski definition) is 3. The lowest BCUT2D eigenvalue weighted by Gasteiger charge is -2.15. The average Bonchev–Trinajstić information content (AvgIpc) is 2.93. The van der Waals surface area contributed by atoms with Crippen molar-refractivity contribution in [2.45, 2.75) is 25.2 Å². The van der Waals surface area contributed by atoms with Crippen LogP contribution >= 0.6 is 0 Å². The summed E-state index contributed by atoms with van der Waals surface area (Å²) in [6.45, 7) is 0.0704. The van der Waals surface area contributed by atoms with E-state index in [1.807, 2.05) is 22.9 Å². The molecule has 1 aliphatic heterocycles. The molecule has 90 valence electrons. The molecule has 2 heterocycles. The molecule has 0 amide bonds. The second kappa shape index (κ2) is 4.05. The van der Waals surface area contributed by atoms with E-state index in [0.29, 0.717) is 0 Å². The molecule has 0 bridgehead atoms. The van der Waals surface area contributed by atoms with Crippen LogP contribution in [0.3, 0.4) is 0 Å².